The lowest BCUT2D eigenvalue weighted by atomic mass is 10.3. The van der Waals surface area contributed by atoms with Crippen molar-refractivity contribution < 1.29 is 0 Å². The van der Waals surface area contributed by atoms with Crippen molar-refractivity contribution in [2.45, 2.75) is 0 Å². The molecule has 3 nitrogen and oxygen atoms in total. The van der Waals surface area contributed by atoms with Gasteiger partial charge in [0.1, 0.15) is 5.82 Å². The number of hydrogen-bond donors (Lipinski definition) is 1. The van der Waals surface area contributed by atoms with Gasteiger partial charge in [-0.05, 0) is 24.3 Å². The van der Waals surface area contributed by atoms with Crippen LogP contribution in [0.15, 0.2) is 41.0 Å². The molecule has 0 saturated carbocycles. The second-order valence-corrected chi connectivity index (χ2v) is 3.56. The van der Waals surface area contributed by atoms with Crippen molar-refractivity contribution in [3.63, 3.8) is 0 Å². The largest absolute Gasteiger partial charge is 0.384 e. The smallest absolute Gasteiger partial charge is 0.127 e. The first-order valence-electron chi connectivity index (χ1n) is 3.83. The van der Waals surface area contributed by atoms with Crippen LogP contribution in [0.1, 0.15) is 0 Å². The zero-order chi connectivity index (χ0) is 9.26. The van der Waals surface area contributed by atoms with Gasteiger partial charge in [-0.25, -0.2) is 4.68 Å². The molecule has 0 radical (unpaired) electrons. The lowest BCUT2D eigenvalue weighted by molar-refractivity contribution is 0.891. The van der Waals surface area contributed by atoms with Crippen molar-refractivity contribution in [2.75, 3.05) is 5.73 Å². The van der Waals surface area contributed by atoms with Gasteiger partial charge in [0, 0.05) is 10.5 Å². The van der Waals surface area contributed by atoms with E-state index in [1.807, 2.05) is 24.3 Å². The van der Waals surface area contributed by atoms with Crippen LogP contribution >= 0.6 is 28.3 Å². The van der Waals surface area contributed by atoms with Gasteiger partial charge in [-0.15, -0.1) is 12.4 Å². The first-order chi connectivity index (χ1) is 6.27. The third kappa shape index (κ3) is 2.08. The van der Waals surface area contributed by atoms with Crippen LogP contribution in [0.3, 0.4) is 0 Å². The van der Waals surface area contributed by atoms with Gasteiger partial charge in [0.15, 0.2) is 0 Å². The molecule has 74 valence electrons. The fraction of sp³-hybridized carbons (Fsp3) is 0. The number of nitrogens with zero attached hydrogens (tertiary/aromatic N) is 2. The Morgan fingerprint density at radius 3 is 2.29 bits per heavy atom. The van der Waals surface area contributed by atoms with E-state index in [0.29, 0.717) is 5.82 Å². The molecule has 0 aliphatic rings. The van der Waals surface area contributed by atoms with Gasteiger partial charge in [-0.1, -0.05) is 15.9 Å². The molecule has 0 unspecified atom stereocenters. The topological polar surface area (TPSA) is 43.8 Å². The molecule has 2 N–H and O–H groups in total. The average Bonchev–Trinajstić information content (AvgIpc) is 2.53. The van der Waals surface area contributed by atoms with Crippen LogP contribution in [-0.2, 0) is 0 Å². The Kier molecular flexibility index (Phi) is 3.55. The van der Waals surface area contributed by atoms with Crippen LogP contribution in [0.4, 0.5) is 5.82 Å². The molecule has 5 heteroatoms. The molecule has 0 aliphatic heterocycles. The van der Waals surface area contributed by atoms with Gasteiger partial charge >= 0.3 is 0 Å². The second kappa shape index (κ2) is 4.48. The zero-order valence-electron chi connectivity index (χ0n) is 7.22. The first-order valence-corrected chi connectivity index (χ1v) is 4.62. The standard InChI is InChI=1S/C9H8BrN3.ClH/c10-7-1-3-8(4-2-7)13-9(11)5-6-12-13;/h1-6H,11H2;1H. The predicted octanol–water partition coefficient (Wildman–Crippen LogP) is 2.64. The van der Waals surface area contributed by atoms with Crippen molar-refractivity contribution >= 4 is 34.2 Å². The number of benzene rings is 1. The average molecular weight is 275 g/mol. The molecule has 2 rings (SSSR count). The van der Waals surface area contributed by atoms with Crippen LogP contribution in [-0.4, -0.2) is 9.78 Å². The van der Waals surface area contributed by atoms with E-state index in [9.17, 15) is 0 Å². The van der Waals surface area contributed by atoms with E-state index in [0.717, 1.165) is 10.2 Å². The molecule has 1 aromatic carbocycles. The Morgan fingerprint density at radius 1 is 1.14 bits per heavy atom. The molecule has 0 bridgehead atoms. The molecule has 0 fully saturated rings. The molecule has 0 spiro atoms. The highest BCUT2D eigenvalue weighted by molar-refractivity contribution is 9.10. The van der Waals surface area contributed by atoms with Crippen molar-refractivity contribution in [2.24, 2.45) is 0 Å². The molecule has 0 aliphatic carbocycles. The summed E-state index contributed by atoms with van der Waals surface area (Å²) in [6.45, 7) is 0. The summed E-state index contributed by atoms with van der Waals surface area (Å²) < 4.78 is 2.73. The summed E-state index contributed by atoms with van der Waals surface area (Å²) in [4.78, 5) is 0. The minimum absolute atomic E-state index is 0. The van der Waals surface area contributed by atoms with Gasteiger partial charge in [-0.2, -0.15) is 5.10 Å². The molecular formula is C9H9BrClN3. The van der Waals surface area contributed by atoms with Crippen molar-refractivity contribution in [3.8, 4) is 5.69 Å². The summed E-state index contributed by atoms with van der Waals surface area (Å²) in [6, 6.07) is 9.58. The van der Waals surface area contributed by atoms with E-state index in [2.05, 4.69) is 21.0 Å². The number of hydrogen-bond acceptors (Lipinski definition) is 2. The van der Waals surface area contributed by atoms with E-state index in [-0.39, 0.29) is 12.4 Å². The van der Waals surface area contributed by atoms with Crippen molar-refractivity contribution in [1.29, 1.82) is 0 Å². The minimum Gasteiger partial charge on any atom is -0.384 e. The van der Waals surface area contributed by atoms with E-state index in [4.69, 9.17) is 5.73 Å². The van der Waals surface area contributed by atoms with Crippen LogP contribution in [0, 0.1) is 0 Å². The first kappa shape index (κ1) is 11.1. The normalized spacial score (nSPS) is 9.50. The SMILES string of the molecule is Cl.Nc1ccnn1-c1ccc(Br)cc1. The lowest BCUT2D eigenvalue weighted by Crippen LogP contribution is -2.00. The second-order valence-electron chi connectivity index (χ2n) is 2.64. The maximum atomic E-state index is 5.70. The predicted molar refractivity (Wildman–Crippen MR) is 62.9 cm³/mol. The summed E-state index contributed by atoms with van der Waals surface area (Å²) in [5, 5.41) is 4.09. The van der Waals surface area contributed by atoms with Crippen molar-refractivity contribution in [3.05, 3.63) is 41.0 Å². The van der Waals surface area contributed by atoms with Crippen LogP contribution in [0.5, 0.6) is 0 Å². The van der Waals surface area contributed by atoms with E-state index in [1.54, 1.807) is 16.9 Å². The molecule has 2 aromatic rings. The zero-order valence-corrected chi connectivity index (χ0v) is 9.62. The van der Waals surface area contributed by atoms with Crippen LogP contribution in [0.2, 0.25) is 0 Å². The molecule has 1 aromatic heterocycles. The minimum atomic E-state index is 0. The third-order valence-corrected chi connectivity index (χ3v) is 2.27. The highest BCUT2D eigenvalue weighted by Gasteiger charge is 1.99. The number of anilines is 1. The fourth-order valence-electron chi connectivity index (χ4n) is 1.11. The summed E-state index contributed by atoms with van der Waals surface area (Å²) in [5.41, 5.74) is 6.66. The molecule has 0 amide bonds. The molecular weight excluding hydrogens is 265 g/mol. The quantitative estimate of drug-likeness (QED) is 0.869. The Balaban J connectivity index is 0.000000980. The van der Waals surface area contributed by atoms with Gasteiger partial charge < -0.3 is 5.73 Å². The number of nitrogens with two attached hydrogens (primary N) is 1. The van der Waals surface area contributed by atoms with Gasteiger partial charge in [-0.3, -0.25) is 0 Å². The van der Waals surface area contributed by atoms with Gasteiger partial charge in [0.2, 0.25) is 0 Å². The fourth-order valence-corrected chi connectivity index (χ4v) is 1.38. The molecule has 1 heterocycles. The maximum absolute atomic E-state index is 5.70. The van der Waals surface area contributed by atoms with Gasteiger partial charge in [0.25, 0.3) is 0 Å². The molecule has 0 atom stereocenters. The summed E-state index contributed by atoms with van der Waals surface area (Å²) in [7, 11) is 0. The summed E-state index contributed by atoms with van der Waals surface area (Å²) in [6.07, 6.45) is 1.68. The van der Waals surface area contributed by atoms with Crippen LogP contribution < -0.4 is 5.73 Å². The molecule has 14 heavy (non-hydrogen) atoms. The lowest BCUT2D eigenvalue weighted by Gasteiger charge is -2.02. The third-order valence-electron chi connectivity index (χ3n) is 1.74. The number of halogens is 2. The summed E-state index contributed by atoms with van der Waals surface area (Å²) in [5.74, 6) is 0.641. The van der Waals surface area contributed by atoms with Crippen molar-refractivity contribution in [1.82, 2.24) is 9.78 Å². The Bertz CT molecular complexity index is 410. The monoisotopic (exact) mass is 273 g/mol. The number of nitrogen functional groups attached to an aromatic ring is 1. The van der Waals surface area contributed by atoms with Gasteiger partial charge in [0.05, 0.1) is 11.9 Å². The Hall–Kier alpha value is -1.000. The number of rotatable bonds is 1. The van der Waals surface area contributed by atoms with E-state index < -0.39 is 0 Å². The van der Waals surface area contributed by atoms with E-state index in [1.165, 1.54) is 0 Å². The maximum Gasteiger partial charge on any atom is 0.127 e. The van der Waals surface area contributed by atoms with Crippen LogP contribution in [0.25, 0.3) is 5.69 Å². The van der Waals surface area contributed by atoms with E-state index >= 15 is 0 Å². The summed E-state index contributed by atoms with van der Waals surface area (Å²) >= 11 is 3.37. The number of aromatic nitrogens is 2. The Morgan fingerprint density at radius 2 is 1.79 bits per heavy atom. The molecule has 0 saturated heterocycles. The Labute approximate surface area is 96.5 Å². The highest BCUT2D eigenvalue weighted by Crippen LogP contribution is 2.15. The highest BCUT2D eigenvalue weighted by atomic mass is 79.9.